The molecule has 0 saturated heterocycles. The van der Waals surface area contributed by atoms with Gasteiger partial charge in [0.15, 0.2) is 11.6 Å². The van der Waals surface area contributed by atoms with Gasteiger partial charge in [-0.3, -0.25) is 19.3 Å². The maximum absolute atomic E-state index is 10.5. The first-order valence-electron chi connectivity index (χ1n) is 10.8. The number of hydrogen-bond donors (Lipinski definition) is 4. The first-order valence-corrected chi connectivity index (χ1v) is 12.0. The van der Waals surface area contributed by atoms with Crippen LogP contribution in [0.5, 0.6) is 0 Å². The molecule has 0 aromatic carbocycles. The van der Waals surface area contributed by atoms with E-state index in [1.165, 1.54) is 0 Å². The third-order valence-electron chi connectivity index (χ3n) is 3.89. The van der Waals surface area contributed by atoms with E-state index in [0.717, 1.165) is 29.0 Å². The third-order valence-corrected chi connectivity index (χ3v) is 4.62. The molecule has 4 aromatic heterocycles. The molecule has 4 aromatic rings. The predicted octanol–water partition coefficient (Wildman–Crippen LogP) is 3.62. The minimum atomic E-state index is -0.487. The SMILES string of the molecule is CC(C)c1nc(=S)o[nH]1.CC(C)c1nn[nH]n1.CC(C)c1noc(=O)[nH]1.CC(C)c1nsc(=O)[nH]1. The molecule has 14 nitrogen and oxygen atoms in total. The second-order valence-corrected chi connectivity index (χ2v) is 9.40. The van der Waals surface area contributed by atoms with Crippen molar-refractivity contribution in [3.05, 3.63) is 48.4 Å². The van der Waals surface area contributed by atoms with E-state index in [1.807, 2.05) is 55.4 Å². The summed E-state index contributed by atoms with van der Waals surface area (Å²) in [6.07, 6.45) is 0. The van der Waals surface area contributed by atoms with Crippen LogP contribution in [0.1, 0.15) is 102 Å². The van der Waals surface area contributed by atoms with Gasteiger partial charge in [0.05, 0.1) is 0 Å². The highest BCUT2D eigenvalue weighted by Crippen LogP contribution is 2.07. The summed E-state index contributed by atoms with van der Waals surface area (Å²) >= 11 is 5.61. The lowest BCUT2D eigenvalue weighted by Crippen LogP contribution is -1.97. The van der Waals surface area contributed by atoms with Gasteiger partial charge in [-0.05, 0) is 12.2 Å². The maximum atomic E-state index is 10.5. The predicted molar refractivity (Wildman–Crippen MR) is 132 cm³/mol. The van der Waals surface area contributed by atoms with Crippen molar-refractivity contribution in [2.24, 2.45) is 0 Å². The van der Waals surface area contributed by atoms with Gasteiger partial charge in [-0.2, -0.15) is 14.6 Å². The van der Waals surface area contributed by atoms with Crippen LogP contribution in [0.4, 0.5) is 0 Å². The van der Waals surface area contributed by atoms with E-state index in [0.29, 0.717) is 23.6 Å². The average Bonchev–Trinajstić information content (AvgIpc) is 3.57. The molecule has 0 saturated carbocycles. The zero-order valence-corrected chi connectivity index (χ0v) is 22.6. The van der Waals surface area contributed by atoms with E-state index in [4.69, 9.17) is 4.52 Å². The summed E-state index contributed by atoms with van der Waals surface area (Å²) in [7, 11) is 0. The van der Waals surface area contributed by atoms with Crippen molar-refractivity contribution >= 4 is 23.8 Å². The molecule has 0 atom stereocenters. The molecule has 16 heteroatoms. The van der Waals surface area contributed by atoms with Crippen LogP contribution in [0.15, 0.2) is 18.6 Å². The molecule has 0 aliphatic rings. The van der Waals surface area contributed by atoms with Crippen LogP contribution in [0.2, 0.25) is 0 Å². The smallest absolute Gasteiger partial charge is 0.348 e. The quantitative estimate of drug-likeness (QED) is 0.282. The van der Waals surface area contributed by atoms with Crippen molar-refractivity contribution in [3.63, 3.8) is 0 Å². The van der Waals surface area contributed by atoms with Crippen molar-refractivity contribution < 1.29 is 9.05 Å². The van der Waals surface area contributed by atoms with Crippen molar-refractivity contribution in [1.29, 1.82) is 0 Å². The van der Waals surface area contributed by atoms with Crippen LogP contribution in [-0.4, -0.2) is 50.3 Å². The van der Waals surface area contributed by atoms with Crippen molar-refractivity contribution in [2.45, 2.75) is 79.1 Å². The van der Waals surface area contributed by atoms with Crippen molar-refractivity contribution in [3.8, 4) is 0 Å². The molecule has 0 aliphatic heterocycles. The Hall–Kier alpha value is -3.27. The number of nitrogens with one attached hydrogen (secondary N) is 4. The molecule has 0 radical (unpaired) electrons. The normalized spacial score (nSPS) is 10.5. The number of hydrogen-bond acceptors (Lipinski definition) is 12. The fraction of sp³-hybridized carbons (Fsp3) is 0.632. The van der Waals surface area contributed by atoms with Crippen LogP contribution < -0.4 is 10.6 Å². The van der Waals surface area contributed by atoms with E-state index in [1.54, 1.807) is 0 Å². The van der Waals surface area contributed by atoms with Gasteiger partial charge in [-0.25, -0.2) is 9.95 Å². The van der Waals surface area contributed by atoms with Crippen LogP contribution in [0, 0.1) is 4.84 Å². The number of aromatic amines is 4. The third kappa shape index (κ3) is 11.6. The minimum Gasteiger partial charge on any atom is -0.348 e. The average molecular weight is 529 g/mol. The standard InChI is InChI=1S/C5H8N2O2.2C5H8N2OS.C4H8N4/c2*1-3(2)4-6-5(8)9-7-4;1-3(2)4-6-5(9)8-7-4;1-3(2)4-5-7-8-6-4/h2*3H,1-2H3,(H,6,7,8);3H,1-2H3,(H,6,7,9);3H,1-2H3,(H,5,6,7,8). The number of rotatable bonds is 4. The van der Waals surface area contributed by atoms with Gasteiger partial charge in [0.1, 0.15) is 11.6 Å². The summed E-state index contributed by atoms with van der Waals surface area (Å²) in [6, 6.07) is 0. The van der Waals surface area contributed by atoms with Crippen molar-refractivity contribution in [1.82, 2.24) is 50.3 Å². The molecule has 0 spiro atoms. The first-order chi connectivity index (χ1) is 16.4. The first kappa shape index (κ1) is 29.8. The molecule has 4 N–H and O–H groups in total. The van der Waals surface area contributed by atoms with E-state index in [9.17, 15) is 9.59 Å². The molecule has 0 unspecified atom stereocenters. The highest BCUT2D eigenvalue weighted by molar-refractivity contribution is 7.71. The molecule has 35 heavy (non-hydrogen) atoms. The second-order valence-electron chi connectivity index (χ2n) is 8.32. The van der Waals surface area contributed by atoms with E-state index >= 15 is 0 Å². The fourth-order valence-corrected chi connectivity index (χ4v) is 2.61. The van der Waals surface area contributed by atoms with Gasteiger partial charge in [0.25, 0.3) is 0 Å². The Morgan fingerprint density at radius 2 is 1.49 bits per heavy atom. The molecule has 0 fully saturated rings. The molecule has 194 valence electrons. The molecular weight excluding hydrogens is 496 g/mol. The number of H-pyrrole nitrogens is 4. The number of tetrazole rings is 1. The minimum absolute atomic E-state index is 0.0706. The maximum Gasteiger partial charge on any atom is 0.438 e. The highest BCUT2D eigenvalue weighted by Gasteiger charge is 2.04. The van der Waals surface area contributed by atoms with Crippen molar-refractivity contribution in [2.75, 3.05) is 0 Å². The lowest BCUT2D eigenvalue weighted by molar-refractivity contribution is 0.379. The Morgan fingerprint density at radius 3 is 1.71 bits per heavy atom. The Morgan fingerprint density at radius 1 is 0.857 bits per heavy atom. The molecule has 0 bridgehead atoms. The van der Waals surface area contributed by atoms with Gasteiger partial charge in [0.2, 0.25) is 0 Å². The van der Waals surface area contributed by atoms with Gasteiger partial charge in [-0.15, -0.1) is 10.2 Å². The molecule has 4 rings (SSSR count). The summed E-state index contributed by atoms with van der Waals surface area (Å²) in [5.41, 5.74) is 0. The second kappa shape index (κ2) is 14.9. The molecule has 0 amide bonds. The van der Waals surface area contributed by atoms with Crippen LogP contribution in [0.25, 0.3) is 0 Å². The number of aromatic nitrogens is 10. The molecule has 4 heterocycles. The molecule has 0 aliphatic carbocycles. The lowest BCUT2D eigenvalue weighted by Gasteiger charge is -1.93. The van der Waals surface area contributed by atoms with Crippen LogP contribution in [-0.2, 0) is 0 Å². The Balaban J connectivity index is 0.000000234. The monoisotopic (exact) mass is 528 g/mol. The van der Waals surface area contributed by atoms with Gasteiger partial charge in [-0.1, -0.05) is 65.8 Å². The highest BCUT2D eigenvalue weighted by atomic mass is 32.1. The Kier molecular flexibility index (Phi) is 12.6. The van der Waals surface area contributed by atoms with Gasteiger partial charge < -0.3 is 4.52 Å². The summed E-state index contributed by atoms with van der Waals surface area (Å²) in [4.78, 5) is 30.0. The van der Waals surface area contributed by atoms with Crippen LogP contribution in [0.3, 0.4) is 0 Å². The van der Waals surface area contributed by atoms with Gasteiger partial charge >= 0.3 is 15.5 Å². The van der Waals surface area contributed by atoms with E-state index < -0.39 is 5.76 Å². The van der Waals surface area contributed by atoms with E-state index in [2.05, 4.69) is 67.0 Å². The number of nitrogens with zero attached hydrogens (tertiary/aromatic N) is 6. The van der Waals surface area contributed by atoms with Crippen LogP contribution >= 0.6 is 23.8 Å². The van der Waals surface area contributed by atoms with E-state index in [-0.39, 0.29) is 15.6 Å². The fourth-order valence-electron chi connectivity index (χ4n) is 1.88. The van der Waals surface area contributed by atoms with Gasteiger partial charge in [0, 0.05) is 35.2 Å². The largest absolute Gasteiger partial charge is 0.438 e. The summed E-state index contributed by atoms with van der Waals surface area (Å²) < 4.78 is 12.9. The Bertz CT molecular complexity index is 1120. The lowest BCUT2D eigenvalue weighted by atomic mass is 10.2. The Labute approximate surface area is 210 Å². The molecular formula is C19H32N10O4S2. The summed E-state index contributed by atoms with van der Waals surface area (Å²) in [6.45, 7) is 15.9. The summed E-state index contributed by atoms with van der Waals surface area (Å²) in [5, 5.41) is 19.4. The zero-order valence-electron chi connectivity index (χ0n) is 20.9. The topological polar surface area (TPSA) is 201 Å². The summed E-state index contributed by atoms with van der Waals surface area (Å²) in [5.74, 6) is 3.73. The zero-order chi connectivity index (χ0) is 26.5.